The maximum Gasteiger partial charge on any atom is 0.244 e. The van der Waals surface area contributed by atoms with E-state index in [9.17, 15) is 8.42 Å². The SMILES string of the molecule is CCN(CC)S(=O)(=O)c1cc(NCc2cccc(C)c2)ccc1Cl. The van der Waals surface area contributed by atoms with Crippen LogP contribution in [0.5, 0.6) is 0 Å². The Morgan fingerprint density at radius 1 is 1.08 bits per heavy atom. The standard InChI is InChI=1S/C18H23ClN2O2S/c1-4-21(5-2)24(22,23)18-12-16(9-10-17(18)19)20-13-15-8-6-7-14(3)11-15/h6-12,20H,4-5,13H2,1-3H3. The molecular formula is C18H23ClN2O2S. The van der Waals surface area contributed by atoms with Crippen molar-refractivity contribution in [3.8, 4) is 0 Å². The molecule has 130 valence electrons. The van der Waals surface area contributed by atoms with Crippen LogP contribution in [0.1, 0.15) is 25.0 Å². The molecule has 0 spiro atoms. The third-order valence-corrected chi connectivity index (χ3v) is 6.37. The lowest BCUT2D eigenvalue weighted by molar-refractivity contribution is 0.445. The number of halogens is 1. The van der Waals surface area contributed by atoms with Crippen molar-refractivity contribution in [3.05, 3.63) is 58.6 Å². The second kappa shape index (κ2) is 8.01. The molecular weight excluding hydrogens is 344 g/mol. The van der Waals surface area contributed by atoms with Crippen LogP contribution in [0.25, 0.3) is 0 Å². The van der Waals surface area contributed by atoms with Crippen molar-refractivity contribution < 1.29 is 8.42 Å². The minimum Gasteiger partial charge on any atom is -0.381 e. The number of hydrogen-bond donors (Lipinski definition) is 1. The Balaban J connectivity index is 2.25. The Morgan fingerprint density at radius 3 is 2.42 bits per heavy atom. The lowest BCUT2D eigenvalue weighted by Crippen LogP contribution is -2.30. The van der Waals surface area contributed by atoms with Gasteiger partial charge in [-0.3, -0.25) is 0 Å². The van der Waals surface area contributed by atoms with Gasteiger partial charge in [0.1, 0.15) is 4.90 Å². The van der Waals surface area contributed by atoms with E-state index in [0.717, 1.165) is 11.3 Å². The summed E-state index contributed by atoms with van der Waals surface area (Å²) in [5, 5.41) is 3.50. The van der Waals surface area contributed by atoms with Crippen LogP contribution in [0.4, 0.5) is 5.69 Å². The zero-order chi connectivity index (χ0) is 17.7. The molecule has 0 atom stereocenters. The van der Waals surface area contributed by atoms with Crippen LogP contribution >= 0.6 is 11.6 Å². The van der Waals surface area contributed by atoms with Crippen LogP contribution in [0.2, 0.25) is 5.02 Å². The summed E-state index contributed by atoms with van der Waals surface area (Å²) in [4.78, 5) is 0.141. The Bertz CT molecular complexity index is 802. The highest BCUT2D eigenvalue weighted by Crippen LogP contribution is 2.28. The maximum atomic E-state index is 12.7. The first-order valence-electron chi connectivity index (χ1n) is 7.97. The number of benzene rings is 2. The largest absolute Gasteiger partial charge is 0.381 e. The summed E-state index contributed by atoms with van der Waals surface area (Å²) in [6, 6.07) is 13.2. The van der Waals surface area contributed by atoms with Crippen LogP contribution in [-0.4, -0.2) is 25.8 Å². The van der Waals surface area contributed by atoms with Gasteiger partial charge in [-0.05, 0) is 30.7 Å². The topological polar surface area (TPSA) is 49.4 Å². The number of anilines is 1. The number of nitrogens with zero attached hydrogens (tertiary/aromatic N) is 1. The third kappa shape index (κ3) is 4.29. The lowest BCUT2D eigenvalue weighted by Gasteiger charge is -2.20. The van der Waals surface area contributed by atoms with E-state index in [1.165, 1.54) is 9.87 Å². The molecule has 2 aromatic rings. The molecule has 2 aromatic carbocycles. The summed E-state index contributed by atoms with van der Waals surface area (Å²) in [5.74, 6) is 0. The van der Waals surface area contributed by atoms with Crippen molar-refractivity contribution in [1.82, 2.24) is 4.31 Å². The summed E-state index contributed by atoms with van der Waals surface area (Å²) in [5.41, 5.74) is 3.06. The number of hydrogen-bond acceptors (Lipinski definition) is 3. The molecule has 0 heterocycles. The molecule has 0 saturated carbocycles. The smallest absolute Gasteiger partial charge is 0.244 e. The molecule has 4 nitrogen and oxygen atoms in total. The van der Waals surface area contributed by atoms with E-state index in [1.54, 1.807) is 18.2 Å². The lowest BCUT2D eigenvalue weighted by atomic mass is 10.1. The van der Waals surface area contributed by atoms with Crippen molar-refractivity contribution in [3.63, 3.8) is 0 Å². The minimum atomic E-state index is -3.58. The first-order chi connectivity index (χ1) is 11.4. The van der Waals surface area contributed by atoms with E-state index < -0.39 is 10.0 Å². The zero-order valence-electron chi connectivity index (χ0n) is 14.2. The van der Waals surface area contributed by atoms with Gasteiger partial charge in [-0.25, -0.2) is 8.42 Å². The Hall–Kier alpha value is -1.56. The number of nitrogens with one attached hydrogen (secondary N) is 1. The fourth-order valence-corrected chi connectivity index (χ4v) is 4.50. The highest BCUT2D eigenvalue weighted by molar-refractivity contribution is 7.89. The fraction of sp³-hybridized carbons (Fsp3) is 0.333. The van der Waals surface area contributed by atoms with E-state index in [-0.39, 0.29) is 9.92 Å². The van der Waals surface area contributed by atoms with E-state index in [2.05, 4.69) is 11.4 Å². The molecule has 0 amide bonds. The van der Waals surface area contributed by atoms with Crippen LogP contribution in [0.15, 0.2) is 47.4 Å². The van der Waals surface area contributed by atoms with Gasteiger partial charge < -0.3 is 5.32 Å². The highest BCUT2D eigenvalue weighted by Gasteiger charge is 2.24. The highest BCUT2D eigenvalue weighted by atomic mass is 35.5. The van der Waals surface area contributed by atoms with E-state index in [4.69, 9.17) is 11.6 Å². The fourth-order valence-electron chi connectivity index (χ4n) is 2.54. The van der Waals surface area contributed by atoms with Gasteiger partial charge in [0.05, 0.1) is 5.02 Å². The van der Waals surface area contributed by atoms with Crippen LogP contribution in [-0.2, 0) is 16.6 Å². The Morgan fingerprint density at radius 2 is 1.79 bits per heavy atom. The second-order valence-corrected chi connectivity index (χ2v) is 7.89. The van der Waals surface area contributed by atoms with Crippen molar-refractivity contribution in [1.29, 1.82) is 0 Å². The molecule has 0 saturated heterocycles. The third-order valence-electron chi connectivity index (χ3n) is 3.83. The van der Waals surface area contributed by atoms with Gasteiger partial charge in [-0.2, -0.15) is 4.31 Å². The summed E-state index contributed by atoms with van der Waals surface area (Å²) >= 11 is 6.14. The number of rotatable bonds is 7. The van der Waals surface area contributed by atoms with Crippen molar-refractivity contribution in [2.45, 2.75) is 32.2 Å². The average molecular weight is 367 g/mol. The first-order valence-corrected chi connectivity index (χ1v) is 9.79. The predicted molar refractivity (Wildman–Crippen MR) is 100 cm³/mol. The molecule has 0 unspecified atom stereocenters. The van der Waals surface area contributed by atoms with Gasteiger partial charge >= 0.3 is 0 Å². The van der Waals surface area contributed by atoms with Gasteiger partial charge in [-0.1, -0.05) is 55.3 Å². The quantitative estimate of drug-likeness (QED) is 0.795. The van der Waals surface area contributed by atoms with Gasteiger partial charge in [0.2, 0.25) is 10.0 Å². The molecule has 0 aliphatic rings. The summed E-state index contributed by atoms with van der Waals surface area (Å²) in [6.45, 7) is 7.12. The molecule has 0 radical (unpaired) electrons. The zero-order valence-corrected chi connectivity index (χ0v) is 15.8. The predicted octanol–water partition coefficient (Wildman–Crippen LogP) is 4.29. The van der Waals surface area contributed by atoms with Crippen LogP contribution < -0.4 is 5.32 Å². The Kier molecular flexibility index (Phi) is 6.27. The summed E-state index contributed by atoms with van der Waals surface area (Å²) in [7, 11) is -3.58. The molecule has 2 rings (SSSR count). The molecule has 24 heavy (non-hydrogen) atoms. The van der Waals surface area contributed by atoms with Crippen molar-refractivity contribution in [2.75, 3.05) is 18.4 Å². The molecule has 0 aromatic heterocycles. The van der Waals surface area contributed by atoms with Crippen molar-refractivity contribution in [2.24, 2.45) is 0 Å². The van der Waals surface area contributed by atoms with Gasteiger partial charge in [0, 0.05) is 25.3 Å². The second-order valence-electron chi connectivity index (χ2n) is 5.58. The van der Waals surface area contributed by atoms with Crippen molar-refractivity contribution >= 4 is 27.3 Å². The molecule has 0 fully saturated rings. The normalized spacial score (nSPS) is 11.7. The number of aryl methyl sites for hydroxylation is 1. The van der Waals surface area contributed by atoms with Gasteiger partial charge in [0.25, 0.3) is 0 Å². The van der Waals surface area contributed by atoms with E-state index in [1.807, 2.05) is 39.0 Å². The number of sulfonamides is 1. The molecule has 0 bridgehead atoms. The summed E-state index contributed by atoms with van der Waals surface area (Å²) < 4.78 is 26.8. The van der Waals surface area contributed by atoms with E-state index in [0.29, 0.717) is 19.6 Å². The minimum absolute atomic E-state index is 0.141. The molecule has 0 aliphatic carbocycles. The monoisotopic (exact) mass is 366 g/mol. The molecule has 6 heteroatoms. The van der Waals surface area contributed by atoms with E-state index >= 15 is 0 Å². The van der Waals surface area contributed by atoms with Crippen LogP contribution in [0.3, 0.4) is 0 Å². The maximum absolute atomic E-state index is 12.7. The molecule has 1 N–H and O–H groups in total. The Labute approximate surface area is 149 Å². The van der Waals surface area contributed by atoms with Gasteiger partial charge in [-0.15, -0.1) is 0 Å². The summed E-state index contributed by atoms with van der Waals surface area (Å²) in [6.07, 6.45) is 0. The first kappa shape index (κ1) is 18.8. The average Bonchev–Trinajstić information content (AvgIpc) is 2.55. The molecule has 0 aliphatic heterocycles. The van der Waals surface area contributed by atoms with Gasteiger partial charge in [0.15, 0.2) is 0 Å². The van der Waals surface area contributed by atoms with Crippen LogP contribution in [0, 0.1) is 6.92 Å².